The summed E-state index contributed by atoms with van der Waals surface area (Å²) in [7, 11) is 1.66. The van der Waals surface area contributed by atoms with Crippen LogP contribution in [0.15, 0.2) is 18.2 Å². The van der Waals surface area contributed by atoms with Crippen LogP contribution in [0.1, 0.15) is 31.1 Å². The van der Waals surface area contributed by atoms with Crippen LogP contribution in [0, 0.1) is 11.3 Å². The van der Waals surface area contributed by atoms with Gasteiger partial charge in [-0.2, -0.15) is 5.26 Å². The first-order valence-corrected chi connectivity index (χ1v) is 5.94. The van der Waals surface area contributed by atoms with Crippen molar-refractivity contribution in [2.24, 2.45) is 0 Å². The fourth-order valence-electron chi connectivity index (χ4n) is 2.68. The maximum Gasteiger partial charge on any atom is 0.161 e. The lowest BCUT2D eigenvalue weighted by molar-refractivity contribution is -0.0504. The van der Waals surface area contributed by atoms with Gasteiger partial charge in [0.1, 0.15) is 17.5 Å². The molecule has 0 amide bonds. The van der Waals surface area contributed by atoms with Crippen LogP contribution in [0.2, 0.25) is 0 Å². The van der Waals surface area contributed by atoms with Gasteiger partial charge in [0.2, 0.25) is 0 Å². The molecule has 2 aliphatic heterocycles. The highest BCUT2D eigenvalue weighted by atomic mass is 16.7. The van der Waals surface area contributed by atoms with Crippen molar-refractivity contribution in [3.63, 3.8) is 0 Å². The van der Waals surface area contributed by atoms with Crippen LogP contribution in [0.4, 0.5) is 0 Å². The molecule has 0 bridgehead atoms. The lowest BCUT2D eigenvalue weighted by Gasteiger charge is -2.37. The van der Waals surface area contributed by atoms with Crippen LogP contribution in [0.25, 0.3) is 0 Å². The monoisotopic (exact) mass is 245 g/mol. The van der Waals surface area contributed by atoms with Crippen LogP contribution in [0.5, 0.6) is 5.75 Å². The van der Waals surface area contributed by atoms with Crippen molar-refractivity contribution in [3.05, 3.63) is 29.3 Å². The summed E-state index contributed by atoms with van der Waals surface area (Å²) < 4.78 is 17.2. The standard InChI is InChI=1S/C14H15NO3/c1-13(8-16-3)14(2)12(18-14)10-6-9(7-15)4-5-11(10)17-13/h4-6,12H,8H2,1-3H3. The van der Waals surface area contributed by atoms with Crippen LogP contribution in [0.3, 0.4) is 0 Å². The Morgan fingerprint density at radius 1 is 1.44 bits per heavy atom. The molecule has 0 aliphatic carbocycles. The Balaban J connectivity index is 2.05. The number of epoxide rings is 1. The van der Waals surface area contributed by atoms with Gasteiger partial charge in [-0.3, -0.25) is 0 Å². The van der Waals surface area contributed by atoms with Gasteiger partial charge in [-0.25, -0.2) is 0 Å². The van der Waals surface area contributed by atoms with E-state index in [4.69, 9.17) is 19.5 Å². The summed E-state index contributed by atoms with van der Waals surface area (Å²) in [6, 6.07) is 7.58. The number of methoxy groups -OCH3 is 1. The van der Waals surface area contributed by atoms with E-state index in [1.165, 1.54) is 0 Å². The molecular formula is C14H15NO3. The highest BCUT2D eigenvalue weighted by molar-refractivity contribution is 5.49. The third-order valence-corrected chi connectivity index (χ3v) is 4.03. The van der Waals surface area contributed by atoms with Crippen LogP contribution < -0.4 is 4.74 Å². The minimum atomic E-state index is -0.492. The number of hydrogen-bond donors (Lipinski definition) is 0. The fourth-order valence-corrected chi connectivity index (χ4v) is 2.68. The summed E-state index contributed by atoms with van der Waals surface area (Å²) in [6.45, 7) is 4.50. The van der Waals surface area contributed by atoms with Crippen LogP contribution in [-0.2, 0) is 9.47 Å². The molecule has 94 valence electrons. The van der Waals surface area contributed by atoms with Gasteiger partial charge >= 0.3 is 0 Å². The van der Waals surface area contributed by atoms with E-state index in [9.17, 15) is 0 Å². The summed E-state index contributed by atoms with van der Waals surface area (Å²) in [5.74, 6) is 0.786. The van der Waals surface area contributed by atoms with Crippen molar-refractivity contribution in [1.82, 2.24) is 0 Å². The number of nitriles is 1. The first-order chi connectivity index (χ1) is 8.54. The number of rotatable bonds is 2. The number of benzene rings is 1. The smallest absolute Gasteiger partial charge is 0.161 e. The largest absolute Gasteiger partial charge is 0.482 e. The van der Waals surface area contributed by atoms with E-state index in [0.29, 0.717) is 12.2 Å². The molecule has 2 heterocycles. The zero-order chi connectivity index (χ0) is 13.0. The Kier molecular flexibility index (Phi) is 2.22. The van der Waals surface area contributed by atoms with Crippen molar-refractivity contribution >= 4 is 0 Å². The summed E-state index contributed by atoms with van der Waals surface area (Å²) in [5.41, 5.74) is 0.730. The van der Waals surface area contributed by atoms with Gasteiger partial charge < -0.3 is 14.2 Å². The Labute approximate surface area is 106 Å². The van der Waals surface area contributed by atoms with Crippen molar-refractivity contribution < 1.29 is 14.2 Å². The molecule has 3 unspecified atom stereocenters. The van der Waals surface area contributed by atoms with Crippen LogP contribution in [-0.4, -0.2) is 24.9 Å². The van der Waals surface area contributed by atoms with E-state index < -0.39 is 5.60 Å². The van der Waals surface area contributed by atoms with E-state index in [-0.39, 0.29) is 11.7 Å². The molecule has 2 aliphatic rings. The third-order valence-electron chi connectivity index (χ3n) is 4.03. The number of hydrogen-bond acceptors (Lipinski definition) is 4. The topological polar surface area (TPSA) is 54.8 Å². The molecular weight excluding hydrogens is 230 g/mol. The third kappa shape index (κ3) is 1.32. The van der Waals surface area contributed by atoms with Gasteiger partial charge in [-0.15, -0.1) is 0 Å². The van der Waals surface area contributed by atoms with E-state index >= 15 is 0 Å². The second-order valence-electron chi connectivity index (χ2n) is 5.24. The lowest BCUT2D eigenvalue weighted by Crippen LogP contribution is -2.52. The molecule has 0 saturated carbocycles. The van der Waals surface area contributed by atoms with E-state index in [0.717, 1.165) is 11.3 Å². The molecule has 1 fully saturated rings. The maximum absolute atomic E-state index is 8.94. The first-order valence-electron chi connectivity index (χ1n) is 5.94. The Bertz CT molecular complexity index is 550. The molecule has 0 spiro atoms. The van der Waals surface area contributed by atoms with Crippen molar-refractivity contribution in [1.29, 1.82) is 5.26 Å². The van der Waals surface area contributed by atoms with E-state index in [2.05, 4.69) is 6.07 Å². The highest BCUT2D eigenvalue weighted by Gasteiger charge is 2.69. The minimum absolute atomic E-state index is 0.00491. The van der Waals surface area contributed by atoms with Gasteiger partial charge in [0.05, 0.1) is 18.2 Å². The number of fused-ring (bicyclic) bond motifs is 3. The van der Waals surface area contributed by atoms with E-state index in [1.807, 2.05) is 26.0 Å². The van der Waals surface area contributed by atoms with Gasteiger partial charge in [-0.05, 0) is 32.0 Å². The molecule has 18 heavy (non-hydrogen) atoms. The molecule has 0 aromatic heterocycles. The molecule has 1 aromatic rings. The molecule has 0 N–H and O–H groups in total. The van der Waals surface area contributed by atoms with Gasteiger partial charge in [0, 0.05) is 12.7 Å². The normalized spacial score (nSPS) is 36.0. The summed E-state index contributed by atoms with van der Waals surface area (Å²) >= 11 is 0. The first kappa shape index (κ1) is 11.5. The molecule has 4 heteroatoms. The molecule has 3 atom stereocenters. The van der Waals surface area contributed by atoms with Crippen molar-refractivity contribution in [3.8, 4) is 11.8 Å². The average Bonchev–Trinajstić information content (AvgIpc) is 3.04. The number of nitrogens with zero attached hydrogens (tertiary/aromatic N) is 1. The highest BCUT2D eigenvalue weighted by Crippen LogP contribution is 2.62. The van der Waals surface area contributed by atoms with Gasteiger partial charge in [0.25, 0.3) is 0 Å². The fraction of sp³-hybridized carbons (Fsp3) is 0.500. The average molecular weight is 245 g/mol. The van der Waals surface area contributed by atoms with E-state index in [1.54, 1.807) is 13.2 Å². The minimum Gasteiger partial charge on any atom is -0.482 e. The maximum atomic E-state index is 8.94. The summed E-state index contributed by atoms with van der Waals surface area (Å²) in [6.07, 6.45) is -0.00491. The molecule has 3 rings (SSSR count). The second kappa shape index (κ2) is 3.47. The molecule has 1 saturated heterocycles. The lowest BCUT2D eigenvalue weighted by atomic mass is 9.82. The van der Waals surface area contributed by atoms with Gasteiger partial charge in [-0.1, -0.05) is 0 Å². The second-order valence-corrected chi connectivity index (χ2v) is 5.24. The zero-order valence-electron chi connectivity index (χ0n) is 10.7. The molecule has 4 nitrogen and oxygen atoms in total. The van der Waals surface area contributed by atoms with Crippen LogP contribution >= 0.6 is 0 Å². The summed E-state index contributed by atoms with van der Waals surface area (Å²) in [5, 5.41) is 8.94. The van der Waals surface area contributed by atoms with Crippen molar-refractivity contribution in [2.45, 2.75) is 31.2 Å². The Hall–Kier alpha value is -1.57. The predicted octanol–water partition coefficient (Wildman–Crippen LogP) is 2.19. The SMILES string of the molecule is COCC1(C)Oc2ccc(C#N)cc2C2OC21C. The summed E-state index contributed by atoms with van der Waals surface area (Å²) in [4.78, 5) is 0. The number of ether oxygens (including phenoxy) is 3. The zero-order valence-corrected chi connectivity index (χ0v) is 10.7. The Morgan fingerprint density at radius 3 is 2.89 bits per heavy atom. The van der Waals surface area contributed by atoms with Gasteiger partial charge in [0.15, 0.2) is 5.60 Å². The quantitative estimate of drug-likeness (QED) is 0.749. The van der Waals surface area contributed by atoms with Crippen molar-refractivity contribution in [2.75, 3.05) is 13.7 Å². The predicted molar refractivity (Wildman–Crippen MR) is 64.3 cm³/mol. The molecule has 1 aromatic carbocycles. The Morgan fingerprint density at radius 2 is 2.22 bits per heavy atom. The molecule has 0 radical (unpaired) electrons.